The van der Waals surface area contributed by atoms with Crippen LogP contribution in [0, 0.1) is 13.8 Å². The molecule has 2 N–H and O–H groups in total. The van der Waals surface area contributed by atoms with E-state index >= 15 is 0 Å². The largest absolute Gasteiger partial charge is 0.422 e. The lowest BCUT2D eigenvalue weighted by Gasteiger charge is -2.32. The van der Waals surface area contributed by atoms with Crippen molar-refractivity contribution in [2.75, 3.05) is 5.32 Å². The highest BCUT2D eigenvalue weighted by Gasteiger charge is 2.33. The minimum atomic E-state index is -1.95. The predicted molar refractivity (Wildman–Crippen MR) is 176 cm³/mol. The van der Waals surface area contributed by atoms with Crippen molar-refractivity contribution in [2.24, 2.45) is 0 Å². The van der Waals surface area contributed by atoms with Crippen LogP contribution in [0.5, 0.6) is 17.2 Å². The summed E-state index contributed by atoms with van der Waals surface area (Å²) in [4.78, 5) is 13.3. The molecule has 1 heterocycles. The van der Waals surface area contributed by atoms with Gasteiger partial charge in [-0.25, -0.2) is 9.88 Å². The Labute approximate surface area is 256 Å². The third-order valence-corrected chi connectivity index (χ3v) is 8.34. The van der Waals surface area contributed by atoms with Crippen LogP contribution in [-0.4, -0.2) is 6.09 Å². The highest BCUT2D eigenvalue weighted by molar-refractivity contribution is 7.46. The molecule has 224 valence electrons. The summed E-state index contributed by atoms with van der Waals surface area (Å²) in [5, 5.41) is 6.23. The molecule has 0 saturated carbocycles. The number of carbonyl (C=O) groups excluding carboxylic acids is 1. The summed E-state index contributed by atoms with van der Waals surface area (Å²) >= 11 is 0. The van der Waals surface area contributed by atoms with Gasteiger partial charge in [0.25, 0.3) is 0 Å². The number of fused-ring (bicyclic) bond motifs is 2. The molecule has 0 bridgehead atoms. The van der Waals surface area contributed by atoms with Gasteiger partial charge in [0.15, 0.2) is 0 Å². The van der Waals surface area contributed by atoms with E-state index in [0.29, 0.717) is 12.2 Å². The van der Waals surface area contributed by atoms with Crippen LogP contribution in [0.25, 0.3) is 0 Å². The second-order valence-electron chi connectivity index (χ2n) is 13.2. The number of carbonyl (C=O) groups is 1. The maximum Gasteiger partial charge on any atom is 0.420 e. The van der Waals surface area contributed by atoms with Crippen molar-refractivity contribution >= 4 is 26.0 Å². The molecule has 0 fully saturated rings. The molecule has 0 unspecified atom stereocenters. The molecular formula is C36H41N2O4P. The summed E-state index contributed by atoms with van der Waals surface area (Å²) in [5.41, 5.74) is 8.13. The zero-order chi connectivity index (χ0) is 30.9. The maximum atomic E-state index is 13.3. The number of hydrogen-bond donors (Lipinski definition) is 2. The Bertz CT molecular complexity index is 1550. The van der Waals surface area contributed by atoms with E-state index in [1.807, 2.05) is 42.5 Å². The topological polar surface area (TPSA) is 68.8 Å². The van der Waals surface area contributed by atoms with E-state index in [1.165, 1.54) is 11.1 Å². The van der Waals surface area contributed by atoms with Gasteiger partial charge in [0.1, 0.15) is 17.2 Å². The summed E-state index contributed by atoms with van der Waals surface area (Å²) < 4.78 is 18.9. The van der Waals surface area contributed by atoms with Crippen LogP contribution in [0.15, 0.2) is 78.9 Å². The number of rotatable bonds is 4. The first-order valence-electron chi connectivity index (χ1n) is 14.6. The Morgan fingerprint density at radius 3 is 1.70 bits per heavy atom. The fraction of sp³-hybridized carbons (Fsp3) is 0.306. The minimum Gasteiger partial charge on any atom is -0.422 e. The van der Waals surface area contributed by atoms with Gasteiger partial charge in [0.05, 0.1) is 0 Å². The molecule has 43 heavy (non-hydrogen) atoms. The lowest BCUT2D eigenvalue weighted by molar-refractivity contribution is 0.205. The zero-order valence-electron chi connectivity index (χ0n) is 26.3. The smallest absolute Gasteiger partial charge is 0.420 e. The van der Waals surface area contributed by atoms with E-state index in [9.17, 15) is 4.79 Å². The molecule has 0 spiro atoms. The highest BCUT2D eigenvalue weighted by Crippen LogP contribution is 2.50. The van der Waals surface area contributed by atoms with Gasteiger partial charge < -0.3 is 19.1 Å². The Balaban J connectivity index is 1.46. The van der Waals surface area contributed by atoms with E-state index in [0.717, 1.165) is 45.1 Å². The Hall–Kier alpha value is -4.02. The molecule has 0 aliphatic carbocycles. The third-order valence-electron chi connectivity index (χ3n) is 7.28. The van der Waals surface area contributed by atoms with Gasteiger partial charge >= 0.3 is 14.6 Å². The van der Waals surface area contributed by atoms with Crippen LogP contribution < -0.4 is 24.2 Å². The number of hydrogen-bond acceptors (Lipinski definition) is 5. The summed E-state index contributed by atoms with van der Waals surface area (Å²) in [5.74, 6) is 1.92. The zero-order valence-corrected chi connectivity index (χ0v) is 27.2. The highest BCUT2D eigenvalue weighted by atomic mass is 31.2. The van der Waals surface area contributed by atoms with Gasteiger partial charge in [-0.05, 0) is 72.2 Å². The molecule has 0 saturated heterocycles. The first kappa shape index (κ1) is 30.4. The molecule has 0 radical (unpaired) electrons. The molecule has 1 amide bonds. The standard InChI is InChI=1S/C36H41N2O4P/c1-23-18-25-22-26-19-24(2)21-31(36(6,7)8)33(26)42-43(41-32(25)30(20-23)35(3,4)5)38-34(39)40-29-16-14-28(15-17-29)37-27-12-10-9-11-13-27/h9-21,37H,22H2,1-8H3,(H,38,39). The van der Waals surface area contributed by atoms with E-state index < -0.39 is 14.6 Å². The normalized spacial score (nSPS) is 13.4. The Morgan fingerprint density at radius 1 is 0.721 bits per heavy atom. The van der Waals surface area contributed by atoms with Crippen molar-refractivity contribution in [2.45, 2.75) is 72.6 Å². The molecule has 1 aliphatic rings. The summed E-state index contributed by atoms with van der Waals surface area (Å²) in [6.07, 6.45) is 0.0179. The minimum absolute atomic E-state index is 0.182. The van der Waals surface area contributed by atoms with Crippen molar-refractivity contribution in [3.8, 4) is 17.2 Å². The molecule has 0 atom stereocenters. The molecule has 6 nitrogen and oxygen atoms in total. The molecule has 1 aliphatic heterocycles. The number of amides is 1. The molecule has 4 aromatic rings. The van der Waals surface area contributed by atoms with Crippen LogP contribution >= 0.6 is 8.53 Å². The molecule has 7 heteroatoms. The SMILES string of the molecule is Cc1cc2c(c(C(C)(C)C)c1)OP(NC(=O)Oc1ccc(Nc3ccccc3)cc1)Oc1c(cc(C)cc1C(C)(C)C)C2. The number of ether oxygens (including phenoxy) is 1. The third kappa shape index (κ3) is 7.32. The van der Waals surface area contributed by atoms with E-state index in [-0.39, 0.29) is 10.8 Å². The molecular weight excluding hydrogens is 555 g/mol. The van der Waals surface area contributed by atoms with Gasteiger partial charge in [0, 0.05) is 28.9 Å². The van der Waals surface area contributed by atoms with Gasteiger partial charge in [-0.2, -0.15) is 0 Å². The van der Waals surface area contributed by atoms with E-state index in [1.54, 1.807) is 12.1 Å². The van der Waals surface area contributed by atoms with E-state index in [4.69, 9.17) is 13.8 Å². The molecule has 4 aromatic carbocycles. The second kappa shape index (κ2) is 11.9. The fourth-order valence-electron chi connectivity index (χ4n) is 5.22. The van der Waals surface area contributed by atoms with Crippen LogP contribution in [0.3, 0.4) is 0 Å². The van der Waals surface area contributed by atoms with Gasteiger partial charge in [-0.1, -0.05) is 95.1 Å². The van der Waals surface area contributed by atoms with Crippen molar-refractivity contribution in [3.05, 3.63) is 112 Å². The number of anilines is 2. The van der Waals surface area contributed by atoms with Crippen molar-refractivity contribution < 1.29 is 18.6 Å². The van der Waals surface area contributed by atoms with Crippen molar-refractivity contribution in [1.82, 2.24) is 5.09 Å². The van der Waals surface area contributed by atoms with Gasteiger partial charge in [-0.15, -0.1) is 0 Å². The van der Waals surface area contributed by atoms with Crippen molar-refractivity contribution in [1.29, 1.82) is 0 Å². The summed E-state index contributed by atoms with van der Waals surface area (Å²) in [6.45, 7) is 17.2. The monoisotopic (exact) mass is 596 g/mol. The Kier molecular flexibility index (Phi) is 8.45. The molecule has 5 rings (SSSR count). The van der Waals surface area contributed by atoms with Crippen LogP contribution in [0.4, 0.5) is 16.2 Å². The van der Waals surface area contributed by atoms with Crippen LogP contribution in [0.2, 0.25) is 0 Å². The second-order valence-corrected chi connectivity index (χ2v) is 14.3. The lowest BCUT2D eigenvalue weighted by atomic mass is 9.81. The van der Waals surface area contributed by atoms with Crippen molar-refractivity contribution in [3.63, 3.8) is 0 Å². The quantitative estimate of drug-likeness (QED) is 0.230. The van der Waals surface area contributed by atoms with Gasteiger partial charge in [0.2, 0.25) is 0 Å². The number of benzene rings is 4. The number of nitrogens with one attached hydrogen (secondary N) is 2. The van der Waals surface area contributed by atoms with Gasteiger partial charge in [-0.3, -0.25) is 0 Å². The average Bonchev–Trinajstić information content (AvgIpc) is 2.90. The van der Waals surface area contributed by atoms with Crippen LogP contribution in [-0.2, 0) is 17.3 Å². The first-order chi connectivity index (χ1) is 20.3. The summed E-state index contributed by atoms with van der Waals surface area (Å²) in [6, 6.07) is 25.8. The first-order valence-corrected chi connectivity index (χ1v) is 15.8. The summed E-state index contributed by atoms with van der Waals surface area (Å²) in [7, 11) is -1.95. The van der Waals surface area contributed by atoms with E-state index in [2.05, 4.69) is 90.1 Å². The fourth-order valence-corrected chi connectivity index (χ4v) is 6.31. The molecule has 0 aromatic heterocycles. The number of para-hydroxylation sites is 1. The van der Waals surface area contributed by atoms with Crippen LogP contribution in [0.1, 0.15) is 74.9 Å². The average molecular weight is 597 g/mol. The Morgan fingerprint density at radius 2 is 1.21 bits per heavy atom. The number of aryl methyl sites for hydroxylation is 2. The maximum absolute atomic E-state index is 13.3. The lowest BCUT2D eigenvalue weighted by Crippen LogP contribution is -2.28. The predicted octanol–water partition coefficient (Wildman–Crippen LogP) is 10.0.